The first-order chi connectivity index (χ1) is 12.7. The van der Waals surface area contributed by atoms with E-state index in [4.69, 9.17) is 4.74 Å². The van der Waals surface area contributed by atoms with Crippen LogP contribution in [0.4, 0.5) is 0 Å². The fraction of sp³-hybridized carbons (Fsp3) is 0.500. The van der Waals surface area contributed by atoms with Crippen LogP contribution in [-0.2, 0) is 13.0 Å². The van der Waals surface area contributed by atoms with Gasteiger partial charge in [-0.05, 0) is 24.6 Å². The molecule has 2 rings (SSSR count). The lowest BCUT2D eigenvalue weighted by atomic mass is 10.1. The second-order valence-electron chi connectivity index (χ2n) is 5.73. The number of aliphatic hydroxyl groups is 1. The van der Waals surface area contributed by atoms with Crippen molar-refractivity contribution in [1.29, 1.82) is 0 Å². The molecule has 0 saturated carbocycles. The maximum atomic E-state index is 10.3. The number of ether oxygens (including phenoxy) is 1. The van der Waals surface area contributed by atoms with Crippen molar-refractivity contribution in [2.75, 3.05) is 26.7 Å². The van der Waals surface area contributed by atoms with Crippen LogP contribution in [0.5, 0.6) is 5.75 Å². The van der Waals surface area contributed by atoms with E-state index in [9.17, 15) is 5.11 Å². The number of rotatable bonds is 9. The minimum absolute atomic E-state index is 0. The van der Waals surface area contributed by atoms with Gasteiger partial charge in [0.15, 0.2) is 5.96 Å². The lowest BCUT2D eigenvalue weighted by molar-refractivity contribution is 0.187. The van der Waals surface area contributed by atoms with Crippen molar-refractivity contribution in [3.8, 4) is 5.75 Å². The molecule has 0 aliphatic heterocycles. The summed E-state index contributed by atoms with van der Waals surface area (Å²) in [4.78, 5) is 4.47. The fourth-order valence-corrected chi connectivity index (χ4v) is 2.49. The van der Waals surface area contributed by atoms with Crippen LogP contribution in [0.2, 0.25) is 0 Å². The molecule has 0 aliphatic rings. The van der Waals surface area contributed by atoms with E-state index in [-0.39, 0.29) is 30.5 Å². The number of nitrogens with one attached hydrogen (secondary N) is 2. The van der Waals surface area contributed by atoms with Gasteiger partial charge in [-0.3, -0.25) is 4.99 Å². The first kappa shape index (κ1) is 23.2. The molecule has 1 unspecified atom stereocenters. The predicted octanol–water partition coefficient (Wildman–Crippen LogP) is 1.76. The highest BCUT2D eigenvalue weighted by Crippen LogP contribution is 2.17. The van der Waals surface area contributed by atoms with E-state index in [1.54, 1.807) is 13.4 Å². The van der Waals surface area contributed by atoms with E-state index in [0.29, 0.717) is 12.5 Å². The van der Waals surface area contributed by atoms with Crippen LogP contribution in [0.15, 0.2) is 35.6 Å². The topological polar surface area (TPSA) is 96.6 Å². The molecule has 0 amide bonds. The quantitative estimate of drug-likeness (QED) is 0.283. The van der Waals surface area contributed by atoms with E-state index in [0.717, 1.165) is 36.6 Å². The number of methoxy groups -OCH3 is 1. The molecule has 3 N–H and O–H groups in total. The standard InChI is InChI=1S/C18H28N6O2.HI/c1-4-17-23-22-13-24(17)11-10-20-18(19-5-2)21-12-16(25)14-6-8-15(26-3)9-7-14;/h6-9,13,16,25H,4-5,10-12H2,1-3H3,(H2,19,20,21);1H. The zero-order valence-corrected chi connectivity index (χ0v) is 18.4. The summed E-state index contributed by atoms with van der Waals surface area (Å²) >= 11 is 0. The second-order valence-corrected chi connectivity index (χ2v) is 5.73. The Balaban J connectivity index is 0.00000364. The van der Waals surface area contributed by atoms with Crippen LogP contribution >= 0.6 is 24.0 Å². The number of aromatic nitrogens is 3. The van der Waals surface area contributed by atoms with Crippen molar-refractivity contribution in [2.45, 2.75) is 32.9 Å². The summed E-state index contributed by atoms with van der Waals surface area (Å²) in [5, 5.41) is 24.8. The molecule has 0 radical (unpaired) electrons. The van der Waals surface area contributed by atoms with E-state index < -0.39 is 6.10 Å². The van der Waals surface area contributed by atoms with Gasteiger partial charge in [-0.15, -0.1) is 34.2 Å². The van der Waals surface area contributed by atoms with Gasteiger partial charge < -0.3 is 25.0 Å². The van der Waals surface area contributed by atoms with Crippen molar-refractivity contribution >= 4 is 29.9 Å². The van der Waals surface area contributed by atoms with Gasteiger partial charge in [-0.2, -0.15) is 0 Å². The Bertz CT molecular complexity index is 689. The number of benzene rings is 1. The number of aliphatic imine (C=N–C) groups is 1. The lowest BCUT2D eigenvalue weighted by Crippen LogP contribution is -2.39. The number of halogens is 1. The Hall–Kier alpha value is -1.88. The molecule has 1 aromatic heterocycles. The number of hydrogen-bond donors (Lipinski definition) is 3. The summed E-state index contributed by atoms with van der Waals surface area (Å²) in [7, 11) is 1.62. The van der Waals surface area contributed by atoms with Gasteiger partial charge in [0.25, 0.3) is 0 Å². The van der Waals surface area contributed by atoms with Crippen molar-refractivity contribution in [1.82, 2.24) is 25.4 Å². The molecule has 8 nitrogen and oxygen atoms in total. The van der Waals surface area contributed by atoms with E-state index in [1.165, 1.54) is 0 Å². The highest BCUT2D eigenvalue weighted by atomic mass is 127. The molecule has 0 fully saturated rings. The van der Waals surface area contributed by atoms with E-state index in [1.807, 2.05) is 35.8 Å². The smallest absolute Gasteiger partial charge is 0.191 e. The van der Waals surface area contributed by atoms with Crippen LogP contribution in [0.1, 0.15) is 31.3 Å². The average molecular weight is 488 g/mol. The van der Waals surface area contributed by atoms with Crippen LogP contribution in [-0.4, -0.2) is 52.6 Å². The second kappa shape index (κ2) is 12.5. The zero-order valence-electron chi connectivity index (χ0n) is 16.1. The van der Waals surface area contributed by atoms with Crippen molar-refractivity contribution < 1.29 is 9.84 Å². The summed E-state index contributed by atoms with van der Waals surface area (Å²) in [5.41, 5.74) is 0.808. The zero-order chi connectivity index (χ0) is 18.8. The first-order valence-electron chi connectivity index (χ1n) is 8.88. The first-order valence-corrected chi connectivity index (χ1v) is 8.88. The van der Waals surface area contributed by atoms with Gasteiger partial charge in [0.1, 0.15) is 17.9 Å². The van der Waals surface area contributed by atoms with Crippen molar-refractivity contribution in [3.05, 3.63) is 42.0 Å². The summed E-state index contributed by atoms with van der Waals surface area (Å²) < 4.78 is 7.15. The van der Waals surface area contributed by atoms with Gasteiger partial charge in [0.05, 0.1) is 19.8 Å². The molecule has 27 heavy (non-hydrogen) atoms. The Morgan fingerprint density at radius 3 is 2.63 bits per heavy atom. The predicted molar refractivity (Wildman–Crippen MR) is 117 cm³/mol. The van der Waals surface area contributed by atoms with Gasteiger partial charge in [0.2, 0.25) is 0 Å². The number of hydrogen-bond acceptors (Lipinski definition) is 5. The van der Waals surface area contributed by atoms with Crippen LogP contribution < -0.4 is 15.4 Å². The lowest BCUT2D eigenvalue weighted by Gasteiger charge is -2.14. The summed E-state index contributed by atoms with van der Waals surface area (Å²) in [6, 6.07) is 7.35. The Kier molecular flexibility index (Phi) is 10.7. The molecule has 0 aliphatic carbocycles. The molecule has 1 heterocycles. The van der Waals surface area contributed by atoms with Crippen molar-refractivity contribution in [3.63, 3.8) is 0 Å². The maximum Gasteiger partial charge on any atom is 0.191 e. The molecular formula is C18H29IN6O2. The molecule has 0 spiro atoms. The maximum absolute atomic E-state index is 10.3. The molecule has 0 bridgehead atoms. The van der Waals surface area contributed by atoms with Crippen LogP contribution in [0, 0.1) is 0 Å². The van der Waals surface area contributed by atoms with Gasteiger partial charge in [-0.1, -0.05) is 19.1 Å². The highest BCUT2D eigenvalue weighted by Gasteiger charge is 2.08. The number of nitrogens with zero attached hydrogens (tertiary/aromatic N) is 4. The summed E-state index contributed by atoms with van der Waals surface area (Å²) in [5.74, 6) is 2.40. The third kappa shape index (κ3) is 7.33. The minimum Gasteiger partial charge on any atom is -0.497 e. The molecule has 0 saturated heterocycles. The molecular weight excluding hydrogens is 459 g/mol. The summed E-state index contributed by atoms with van der Waals surface area (Å²) in [6.45, 7) is 6.52. The monoisotopic (exact) mass is 488 g/mol. The molecule has 1 atom stereocenters. The Morgan fingerprint density at radius 1 is 1.26 bits per heavy atom. The van der Waals surface area contributed by atoms with Gasteiger partial charge in [-0.25, -0.2) is 0 Å². The van der Waals surface area contributed by atoms with Crippen molar-refractivity contribution in [2.24, 2.45) is 4.99 Å². The molecule has 9 heteroatoms. The Morgan fingerprint density at radius 2 is 2.00 bits per heavy atom. The normalized spacial score (nSPS) is 12.2. The van der Waals surface area contributed by atoms with E-state index >= 15 is 0 Å². The van der Waals surface area contributed by atoms with E-state index in [2.05, 4.69) is 32.7 Å². The highest BCUT2D eigenvalue weighted by molar-refractivity contribution is 14.0. The Labute approximate surface area is 177 Å². The third-order valence-corrected chi connectivity index (χ3v) is 3.92. The SMILES string of the molecule is CCNC(=NCC(O)c1ccc(OC)cc1)NCCn1cnnc1CC.I. The number of guanidine groups is 1. The average Bonchev–Trinajstić information content (AvgIpc) is 3.13. The molecule has 1 aromatic carbocycles. The number of aryl methyl sites for hydroxylation is 1. The third-order valence-electron chi connectivity index (χ3n) is 3.92. The van der Waals surface area contributed by atoms with Gasteiger partial charge in [0, 0.05) is 26.1 Å². The van der Waals surface area contributed by atoms with Gasteiger partial charge >= 0.3 is 0 Å². The molecule has 150 valence electrons. The van der Waals surface area contributed by atoms with Crippen LogP contribution in [0.3, 0.4) is 0 Å². The fourth-order valence-electron chi connectivity index (χ4n) is 2.49. The largest absolute Gasteiger partial charge is 0.497 e. The minimum atomic E-state index is -0.666. The van der Waals surface area contributed by atoms with Crippen LogP contribution in [0.25, 0.3) is 0 Å². The number of aliphatic hydroxyl groups excluding tert-OH is 1. The summed E-state index contributed by atoms with van der Waals surface area (Å²) in [6.07, 6.45) is 1.92. The molecule has 2 aromatic rings.